The van der Waals surface area contributed by atoms with Crippen LogP contribution in [0.2, 0.25) is 0 Å². The first-order chi connectivity index (χ1) is 10.5. The van der Waals surface area contributed by atoms with Gasteiger partial charge in [-0.1, -0.05) is 0 Å². The summed E-state index contributed by atoms with van der Waals surface area (Å²) in [6.07, 6.45) is 1.78. The van der Waals surface area contributed by atoms with E-state index in [1.54, 1.807) is 16.3 Å². The SMILES string of the molecule is CC1CN(C(=O)c2sccc2S(=O)(=O)N2CCCC2)CCN1.Cl. The van der Waals surface area contributed by atoms with Crippen LogP contribution in [0.25, 0.3) is 0 Å². The highest BCUT2D eigenvalue weighted by atomic mass is 35.5. The zero-order valence-electron chi connectivity index (χ0n) is 13.0. The zero-order chi connectivity index (χ0) is 15.7. The fraction of sp³-hybridized carbons (Fsp3) is 0.643. The van der Waals surface area contributed by atoms with E-state index in [4.69, 9.17) is 0 Å². The minimum atomic E-state index is -3.54. The second-order valence-corrected chi connectivity index (χ2v) is 8.65. The Morgan fingerprint density at radius 1 is 1.30 bits per heavy atom. The Morgan fingerprint density at radius 3 is 2.65 bits per heavy atom. The molecule has 0 aliphatic carbocycles. The standard InChI is InChI=1S/C14H21N3O3S2.ClH/c1-11-10-16(8-5-15-11)14(18)13-12(4-9-21-13)22(19,20)17-6-2-3-7-17;/h4,9,11,15H,2-3,5-8,10H2,1H3;1H. The van der Waals surface area contributed by atoms with Gasteiger partial charge in [-0.05, 0) is 31.2 Å². The Kier molecular flexibility index (Phi) is 6.07. The van der Waals surface area contributed by atoms with Crippen molar-refractivity contribution in [2.45, 2.75) is 30.7 Å². The molecule has 1 N–H and O–H groups in total. The minimum absolute atomic E-state index is 0. The molecule has 2 aliphatic heterocycles. The largest absolute Gasteiger partial charge is 0.335 e. The number of nitrogens with zero attached hydrogens (tertiary/aromatic N) is 2. The first kappa shape index (κ1) is 18.7. The van der Waals surface area contributed by atoms with Gasteiger partial charge in [0, 0.05) is 38.8 Å². The molecule has 130 valence electrons. The maximum absolute atomic E-state index is 12.7. The van der Waals surface area contributed by atoms with Crippen molar-refractivity contribution < 1.29 is 13.2 Å². The molecule has 3 rings (SSSR count). The second kappa shape index (κ2) is 7.48. The van der Waals surface area contributed by atoms with Gasteiger partial charge in [0.15, 0.2) is 0 Å². The van der Waals surface area contributed by atoms with Gasteiger partial charge in [0.1, 0.15) is 9.77 Å². The van der Waals surface area contributed by atoms with Gasteiger partial charge >= 0.3 is 0 Å². The van der Waals surface area contributed by atoms with Gasteiger partial charge in [0.25, 0.3) is 5.91 Å². The van der Waals surface area contributed by atoms with E-state index in [2.05, 4.69) is 5.32 Å². The molecular weight excluding hydrogens is 358 g/mol. The molecule has 1 atom stereocenters. The molecular formula is C14H22ClN3O3S2. The summed E-state index contributed by atoms with van der Waals surface area (Å²) >= 11 is 1.22. The van der Waals surface area contributed by atoms with E-state index in [0.717, 1.165) is 19.4 Å². The minimum Gasteiger partial charge on any atom is -0.335 e. The normalized spacial score (nSPS) is 22.8. The van der Waals surface area contributed by atoms with Gasteiger partial charge in [-0.3, -0.25) is 4.79 Å². The third kappa shape index (κ3) is 3.71. The highest BCUT2D eigenvalue weighted by molar-refractivity contribution is 7.89. The van der Waals surface area contributed by atoms with Gasteiger partial charge in [0.05, 0.1) is 0 Å². The number of carbonyl (C=O) groups is 1. The summed E-state index contributed by atoms with van der Waals surface area (Å²) in [5.74, 6) is -0.166. The molecule has 23 heavy (non-hydrogen) atoms. The van der Waals surface area contributed by atoms with Crippen LogP contribution in [-0.4, -0.2) is 62.3 Å². The summed E-state index contributed by atoms with van der Waals surface area (Å²) in [5, 5.41) is 4.98. The fourth-order valence-electron chi connectivity index (χ4n) is 2.98. The molecule has 1 unspecified atom stereocenters. The zero-order valence-corrected chi connectivity index (χ0v) is 15.5. The Morgan fingerprint density at radius 2 is 2.00 bits per heavy atom. The van der Waals surface area contributed by atoms with Crippen LogP contribution in [0.4, 0.5) is 0 Å². The van der Waals surface area contributed by atoms with E-state index in [1.807, 2.05) is 6.92 Å². The summed E-state index contributed by atoms with van der Waals surface area (Å²) in [4.78, 5) is 15.0. The first-order valence-electron chi connectivity index (χ1n) is 7.60. The molecule has 3 heterocycles. The monoisotopic (exact) mass is 379 g/mol. The van der Waals surface area contributed by atoms with Gasteiger partial charge in [0.2, 0.25) is 10.0 Å². The average molecular weight is 380 g/mol. The van der Waals surface area contributed by atoms with Crippen molar-refractivity contribution in [1.29, 1.82) is 0 Å². The number of hydrogen-bond acceptors (Lipinski definition) is 5. The quantitative estimate of drug-likeness (QED) is 0.861. The molecule has 1 aromatic rings. The summed E-state index contributed by atoms with van der Waals surface area (Å²) in [6, 6.07) is 1.80. The fourth-order valence-corrected chi connectivity index (χ4v) is 5.86. The van der Waals surface area contributed by atoms with Crippen molar-refractivity contribution in [3.05, 3.63) is 16.3 Å². The van der Waals surface area contributed by atoms with Crippen LogP contribution in [-0.2, 0) is 10.0 Å². The summed E-state index contributed by atoms with van der Waals surface area (Å²) in [7, 11) is -3.54. The second-order valence-electron chi connectivity index (χ2n) is 5.83. The van der Waals surface area contributed by atoms with E-state index in [0.29, 0.717) is 31.1 Å². The third-order valence-corrected chi connectivity index (χ3v) is 7.13. The lowest BCUT2D eigenvalue weighted by Gasteiger charge is -2.31. The molecule has 1 amide bonds. The van der Waals surface area contributed by atoms with E-state index in [-0.39, 0.29) is 29.3 Å². The molecule has 2 fully saturated rings. The van der Waals surface area contributed by atoms with E-state index < -0.39 is 10.0 Å². The van der Waals surface area contributed by atoms with Crippen LogP contribution < -0.4 is 5.32 Å². The van der Waals surface area contributed by atoms with Crippen molar-refractivity contribution in [1.82, 2.24) is 14.5 Å². The summed E-state index contributed by atoms with van der Waals surface area (Å²) in [6.45, 7) is 5.10. The van der Waals surface area contributed by atoms with Crippen molar-refractivity contribution in [3.63, 3.8) is 0 Å². The Balaban J connectivity index is 0.00000192. The van der Waals surface area contributed by atoms with E-state index >= 15 is 0 Å². The van der Waals surface area contributed by atoms with Crippen molar-refractivity contribution in [2.24, 2.45) is 0 Å². The van der Waals surface area contributed by atoms with Crippen molar-refractivity contribution >= 4 is 39.7 Å². The predicted octanol–water partition coefficient (Wildman–Crippen LogP) is 1.39. The number of thiophene rings is 1. The van der Waals surface area contributed by atoms with Crippen LogP contribution in [0.3, 0.4) is 0 Å². The van der Waals surface area contributed by atoms with Crippen LogP contribution in [0.15, 0.2) is 16.3 Å². The van der Waals surface area contributed by atoms with Gasteiger partial charge < -0.3 is 10.2 Å². The number of piperazine rings is 1. The predicted molar refractivity (Wildman–Crippen MR) is 92.9 cm³/mol. The number of amides is 1. The van der Waals surface area contributed by atoms with Crippen molar-refractivity contribution in [3.8, 4) is 0 Å². The maximum atomic E-state index is 12.7. The number of hydrogen-bond donors (Lipinski definition) is 1. The lowest BCUT2D eigenvalue weighted by molar-refractivity contribution is 0.0710. The Hall–Kier alpha value is -0.670. The molecule has 0 radical (unpaired) electrons. The molecule has 2 saturated heterocycles. The summed E-state index contributed by atoms with van der Waals surface area (Å²) in [5.41, 5.74) is 0. The third-order valence-electron chi connectivity index (χ3n) is 4.16. The van der Waals surface area contributed by atoms with Crippen LogP contribution in [0.1, 0.15) is 29.4 Å². The lowest BCUT2D eigenvalue weighted by atomic mass is 10.2. The molecule has 0 spiro atoms. The molecule has 0 bridgehead atoms. The highest BCUT2D eigenvalue weighted by Gasteiger charge is 2.33. The van der Waals surface area contributed by atoms with E-state index in [1.165, 1.54) is 15.6 Å². The number of rotatable bonds is 3. The smallest absolute Gasteiger partial charge is 0.265 e. The number of halogens is 1. The Labute approximate surface area is 147 Å². The molecule has 2 aliphatic rings. The topological polar surface area (TPSA) is 69.7 Å². The first-order valence-corrected chi connectivity index (χ1v) is 9.92. The molecule has 0 aromatic carbocycles. The number of nitrogens with one attached hydrogen (secondary N) is 1. The molecule has 6 nitrogen and oxygen atoms in total. The van der Waals surface area contributed by atoms with Crippen LogP contribution in [0.5, 0.6) is 0 Å². The summed E-state index contributed by atoms with van der Waals surface area (Å²) < 4.78 is 26.9. The molecule has 0 saturated carbocycles. The number of sulfonamides is 1. The average Bonchev–Trinajstić information content (AvgIpc) is 3.18. The number of carbonyl (C=O) groups excluding carboxylic acids is 1. The molecule has 1 aromatic heterocycles. The Bertz CT molecular complexity index is 656. The maximum Gasteiger partial charge on any atom is 0.265 e. The van der Waals surface area contributed by atoms with Gasteiger partial charge in [-0.25, -0.2) is 8.42 Å². The van der Waals surface area contributed by atoms with Crippen LogP contribution in [0, 0.1) is 0 Å². The van der Waals surface area contributed by atoms with Gasteiger partial charge in [-0.15, -0.1) is 23.7 Å². The lowest BCUT2D eigenvalue weighted by Crippen LogP contribution is -2.51. The van der Waals surface area contributed by atoms with Crippen molar-refractivity contribution in [2.75, 3.05) is 32.7 Å². The highest BCUT2D eigenvalue weighted by Crippen LogP contribution is 2.28. The van der Waals surface area contributed by atoms with Crippen LogP contribution >= 0.6 is 23.7 Å². The molecule has 9 heteroatoms. The van der Waals surface area contributed by atoms with E-state index in [9.17, 15) is 13.2 Å². The van der Waals surface area contributed by atoms with Gasteiger partial charge in [-0.2, -0.15) is 4.31 Å².